The van der Waals surface area contributed by atoms with E-state index in [0.29, 0.717) is 12.2 Å². The summed E-state index contributed by atoms with van der Waals surface area (Å²) in [5.74, 6) is 1.37. The minimum Gasteiger partial charge on any atom is -0.497 e. The highest BCUT2D eigenvalue weighted by atomic mass is 16.5. The SMILES string of the molecule is C=CCCC(O)c1ccc(OC)cc1OC. The molecule has 0 saturated heterocycles. The van der Waals surface area contributed by atoms with Gasteiger partial charge in [-0.25, -0.2) is 0 Å². The summed E-state index contributed by atoms with van der Waals surface area (Å²) in [5.41, 5.74) is 0.783. The van der Waals surface area contributed by atoms with E-state index in [2.05, 4.69) is 6.58 Å². The molecule has 3 nitrogen and oxygen atoms in total. The number of hydrogen-bond acceptors (Lipinski definition) is 3. The molecule has 0 aromatic heterocycles. The third kappa shape index (κ3) is 3.00. The topological polar surface area (TPSA) is 38.7 Å². The first-order valence-corrected chi connectivity index (χ1v) is 5.23. The lowest BCUT2D eigenvalue weighted by atomic mass is 10.0. The molecule has 1 N–H and O–H groups in total. The molecule has 0 heterocycles. The van der Waals surface area contributed by atoms with Crippen molar-refractivity contribution >= 4 is 0 Å². The molecule has 0 radical (unpaired) electrons. The molecular weight excluding hydrogens is 204 g/mol. The average Bonchev–Trinajstić information content (AvgIpc) is 2.34. The summed E-state index contributed by atoms with van der Waals surface area (Å²) in [6.45, 7) is 3.63. The lowest BCUT2D eigenvalue weighted by molar-refractivity contribution is 0.164. The fourth-order valence-electron chi connectivity index (χ4n) is 1.52. The van der Waals surface area contributed by atoms with Gasteiger partial charge in [-0.15, -0.1) is 6.58 Å². The van der Waals surface area contributed by atoms with E-state index in [9.17, 15) is 5.11 Å². The number of hydrogen-bond donors (Lipinski definition) is 1. The van der Waals surface area contributed by atoms with Gasteiger partial charge in [0.1, 0.15) is 11.5 Å². The van der Waals surface area contributed by atoms with Gasteiger partial charge in [-0.05, 0) is 25.0 Å². The molecule has 0 aliphatic heterocycles. The van der Waals surface area contributed by atoms with Gasteiger partial charge in [0.25, 0.3) is 0 Å². The predicted octanol–water partition coefficient (Wildman–Crippen LogP) is 2.70. The molecule has 88 valence electrons. The summed E-state index contributed by atoms with van der Waals surface area (Å²) in [6.07, 6.45) is 2.68. The molecule has 1 unspecified atom stereocenters. The number of ether oxygens (including phenoxy) is 2. The smallest absolute Gasteiger partial charge is 0.128 e. The molecule has 1 aromatic rings. The number of aliphatic hydroxyl groups excluding tert-OH is 1. The third-order valence-electron chi connectivity index (χ3n) is 2.44. The average molecular weight is 222 g/mol. The van der Waals surface area contributed by atoms with Crippen LogP contribution in [0.2, 0.25) is 0 Å². The van der Waals surface area contributed by atoms with Crippen molar-refractivity contribution < 1.29 is 14.6 Å². The zero-order valence-electron chi connectivity index (χ0n) is 9.77. The van der Waals surface area contributed by atoms with Crippen LogP contribution in [-0.4, -0.2) is 19.3 Å². The Labute approximate surface area is 96.3 Å². The highest BCUT2D eigenvalue weighted by Gasteiger charge is 2.13. The van der Waals surface area contributed by atoms with E-state index in [0.717, 1.165) is 17.7 Å². The zero-order chi connectivity index (χ0) is 12.0. The van der Waals surface area contributed by atoms with Crippen LogP contribution in [0.4, 0.5) is 0 Å². The van der Waals surface area contributed by atoms with E-state index in [-0.39, 0.29) is 0 Å². The van der Waals surface area contributed by atoms with Crippen LogP contribution in [0, 0.1) is 0 Å². The van der Waals surface area contributed by atoms with E-state index in [1.54, 1.807) is 26.4 Å². The minimum absolute atomic E-state index is 0.529. The van der Waals surface area contributed by atoms with E-state index < -0.39 is 6.10 Å². The largest absolute Gasteiger partial charge is 0.497 e. The Morgan fingerprint density at radius 1 is 1.38 bits per heavy atom. The van der Waals surface area contributed by atoms with Crippen molar-refractivity contribution in [2.45, 2.75) is 18.9 Å². The standard InChI is InChI=1S/C13H18O3/c1-4-5-6-12(14)11-8-7-10(15-2)9-13(11)16-3/h4,7-9,12,14H,1,5-6H2,2-3H3. The molecule has 1 rings (SSSR count). The highest BCUT2D eigenvalue weighted by molar-refractivity contribution is 5.41. The van der Waals surface area contributed by atoms with Crippen LogP contribution < -0.4 is 9.47 Å². The van der Waals surface area contributed by atoms with Gasteiger partial charge in [-0.2, -0.15) is 0 Å². The maximum Gasteiger partial charge on any atom is 0.128 e. The van der Waals surface area contributed by atoms with Crippen molar-refractivity contribution in [3.05, 3.63) is 36.4 Å². The van der Waals surface area contributed by atoms with Crippen molar-refractivity contribution in [1.82, 2.24) is 0 Å². The highest BCUT2D eigenvalue weighted by Crippen LogP contribution is 2.31. The number of rotatable bonds is 6. The van der Waals surface area contributed by atoms with Crippen molar-refractivity contribution in [2.24, 2.45) is 0 Å². The van der Waals surface area contributed by atoms with E-state index in [1.165, 1.54) is 0 Å². The minimum atomic E-state index is -0.529. The Balaban J connectivity index is 2.89. The number of aliphatic hydroxyl groups is 1. The molecule has 0 amide bonds. The molecule has 0 spiro atoms. The van der Waals surface area contributed by atoms with Gasteiger partial charge in [0.15, 0.2) is 0 Å². The molecule has 0 aliphatic carbocycles. The molecular formula is C13H18O3. The monoisotopic (exact) mass is 222 g/mol. The van der Waals surface area contributed by atoms with Gasteiger partial charge in [0.2, 0.25) is 0 Å². The van der Waals surface area contributed by atoms with Gasteiger partial charge >= 0.3 is 0 Å². The van der Waals surface area contributed by atoms with Crippen molar-refractivity contribution in [3.63, 3.8) is 0 Å². The molecule has 1 aromatic carbocycles. The molecule has 0 bridgehead atoms. The van der Waals surface area contributed by atoms with Crippen LogP contribution in [0.25, 0.3) is 0 Å². The summed E-state index contributed by atoms with van der Waals surface area (Å²) in [5, 5.41) is 9.96. The third-order valence-corrected chi connectivity index (χ3v) is 2.44. The first-order chi connectivity index (χ1) is 7.72. The molecule has 1 atom stereocenters. The second-order valence-electron chi connectivity index (χ2n) is 3.49. The van der Waals surface area contributed by atoms with Crippen molar-refractivity contribution in [2.75, 3.05) is 14.2 Å². The fraction of sp³-hybridized carbons (Fsp3) is 0.385. The summed E-state index contributed by atoms with van der Waals surface area (Å²) >= 11 is 0. The Morgan fingerprint density at radius 3 is 2.69 bits per heavy atom. The van der Waals surface area contributed by atoms with E-state index >= 15 is 0 Å². The van der Waals surface area contributed by atoms with Crippen LogP contribution in [0.15, 0.2) is 30.9 Å². The second kappa shape index (κ2) is 6.18. The second-order valence-corrected chi connectivity index (χ2v) is 3.49. The lowest BCUT2D eigenvalue weighted by Crippen LogP contribution is -2.00. The zero-order valence-corrected chi connectivity index (χ0v) is 9.77. The molecule has 0 fully saturated rings. The van der Waals surface area contributed by atoms with Gasteiger partial charge < -0.3 is 14.6 Å². The van der Waals surface area contributed by atoms with E-state index in [1.807, 2.05) is 12.1 Å². The maximum absolute atomic E-state index is 9.96. The summed E-state index contributed by atoms with van der Waals surface area (Å²) in [4.78, 5) is 0. The van der Waals surface area contributed by atoms with Crippen molar-refractivity contribution in [3.8, 4) is 11.5 Å². The van der Waals surface area contributed by atoms with Gasteiger partial charge in [-0.3, -0.25) is 0 Å². The van der Waals surface area contributed by atoms with Gasteiger partial charge in [0.05, 0.1) is 20.3 Å². The van der Waals surface area contributed by atoms with Crippen LogP contribution in [-0.2, 0) is 0 Å². The van der Waals surface area contributed by atoms with Crippen LogP contribution in [0.5, 0.6) is 11.5 Å². The number of methoxy groups -OCH3 is 2. The normalized spacial score (nSPS) is 11.9. The predicted molar refractivity (Wildman–Crippen MR) is 63.9 cm³/mol. The summed E-state index contributed by atoms with van der Waals surface area (Å²) in [7, 11) is 3.18. The van der Waals surface area contributed by atoms with Gasteiger partial charge in [0, 0.05) is 11.6 Å². The Morgan fingerprint density at radius 2 is 2.12 bits per heavy atom. The van der Waals surface area contributed by atoms with Crippen LogP contribution in [0.3, 0.4) is 0 Å². The van der Waals surface area contributed by atoms with Gasteiger partial charge in [-0.1, -0.05) is 6.08 Å². The summed E-state index contributed by atoms with van der Waals surface area (Å²) in [6, 6.07) is 5.41. The number of allylic oxidation sites excluding steroid dienone is 1. The first kappa shape index (κ1) is 12.6. The maximum atomic E-state index is 9.96. The van der Waals surface area contributed by atoms with Crippen LogP contribution >= 0.6 is 0 Å². The first-order valence-electron chi connectivity index (χ1n) is 5.23. The van der Waals surface area contributed by atoms with Crippen molar-refractivity contribution in [1.29, 1.82) is 0 Å². The lowest BCUT2D eigenvalue weighted by Gasteiger charge is -2.15. The Hall–Kier alpha value is -1.48. The number of benzene rings is 1. The molecule has 3 heteroatoms. The molecule has 0 saturated carbocycles. The molecule has 16 heavy (non-hydrogen) atoms. The Bertz CT molecular complexity index is 347. The van der Waals surface area contributed by atoms with Crippen LogP contribution in [0.1, 0.15) is 24.5 Å². The van der Waals surface area contributed by atoms with E-state index in [4.69, 9.17) is 9.47 Å². The Kier molecular flexibility index (Phi) is 4.86. The molecule has 0 aliphatic rings. The fourth-order valence-corrected chi connectivity index (χ4v) is 1.52. The summed E-state index contributed by atoms with van der Waals surface area (Å²) < 4.78 is 10.3. The quantitative estimate of drug-likeness (QED) is 0.752.